The van der Waals surface area contributed by atoms with E-state index in [2.05, 4.69) is 50.0 Å². The zero-order valence-corrected chi connectivity index (χ0v) is 12.3. The van der Waals surface area contributed by atoms with Crippen LogP contribution in [0.3, 0.4) is 0 Å². The molecule has 0 saturated carbocycles. The summed E-state index contributed by atoms with van der Waals surface area (Å²) in [5, 5.41) is 3.39. The average Bonchev–Trinajstić information content (AvgIpc) is 2.38. The molecule has 0 amide bonds. The fraction of sp³-hybridized carbons (Fsp3) is 0.667. The van der Waals surface area contributed by atoms with Crippen LogP contribution in [-0.2, 0) is 13.0 Å². The van der Waals surface area contributed by atoms with Crippen LogP contribution in [-0.4, -0.2) is 24.6 Å². The van der Waals surface area contributed by atoms with Crippen molar-refractivity contribution in [1.82, 2.24) is 10.3 Å². The molecule has 0 atom stereocenters. The maximum Gasteiger partial charge on any atom is 0.129 e. The van der Waals surface area contributed by atoms with E-state index in [1.165, 1.54) is 11.3 Å². The summed E-state index contributed by atoms with van der Waals surface area (Å²) in [5.41, 5.74) is 2.56. The summed E-state index contributed by atoms with van der Waals surface area (Å²) in [4.78, 5) is 7.09. The smallest absolute Gasteiger partial charge is 0.129 e. The van der Waals surface area contributed by atoms with Gasteiger partial charge in [-0.15, -0.1) is 0 Å². The van der Waals surface area contributed by atoms with Crippen molar-refractivity contribution in [3.63, 3.8) is 0 Å². The van der Waals surface area contributed by atoms with Crippen LogP contribution in [0.25, 0.3) is 0 Å². The van der Waals surface area contributed by atoms with Gasteiger partial charge < -0.3 is 10.2 Å². The van der Waals surface area contributed by atoms with E-state index in [1.807, 2.05) is 0 Å². The number of hydrogen-bond acceptors (Lipinski definition) is 3. The molecule has 0 radical (unpaired) electrons. The highest BCUT2D eigenvalue weighted by Gasteiger charge is 2.07. The first-order valence-corrected chi connectivity index (χ1v) is 7.20. The fourth-order valence-electron chi connectivity index (χ4n) is 2.10. The molecular formula is C15H27N3. The number of pyridine rings is 1. The van der Waals surface area contributed by atoms with Gasteiger partial charge in [0.25, 0.3) is 0 Å². The van der Waals surface area contributed by atoms with Crippen LogP contribution in [0.4, 0.5) is 5.82 Å². The molecule has 0 aliphatic carbocycles. The third-order valence-electron chi connectivity index (χ3n) is 3.10. The van der Waals surface area contributed by atoms with Gasteiger partial charge in [0.05, 0.1) is 0 Å². The molecule has 18 heavy (non-hydrogen) atoms. The molecule has 0 unspecified atom stereocenters. The first kappa shape index (κ1) is 15.0. The third kappa shape index (κ3) is 4.30. The normalized spacial score (nSPS) is 10.7. The summed E-state index contributed by atoms with van der Waals surface area (Å²) in [6.07, 6.45) is 2.21. The van der Waals surface area contributed by atoms with E-state index in [0.717, 1.165) is 44.8 Å². The molecule has 0 bridgehead atoms. The number of hydrogen-bond donors (Lipinski definition) is 1. The standard InChI is InChI=1S/C15H27N3/c1-5-9-14-10-13(12-16-6-2)11-15(17-14)18(7-3)8-4/h10-11,16H,5-9,12H2,1-4H3. The van der Waals surface area contributed by atoms with E-state index in [9.17, 15) is 0 Å². The minimum atomic E-state index is 0.935. The summed E-state index contributed by atoms with van der Waals surface area (Å²) >= 11 is 0. The maximum atomic E-state index is 4.77. The van der Waals surface area contributed by atoms with Crippen LogP contribution in [0.15, 0.2) is 12.1 Å². The van der Waals surface area contributed by atoms with Gasteiger partial charge in [0.2, 0.25) is 0 Å². The largest absolute Gasteiger partial charge is 0.357 e. The number of nitrogens with zero attached hydrogens (tertiary/aromatic N) is 2. The fourth-order valence-corrected chi connectivity index (χ4v) is 2.10. The molecule has 102 valence electrons. The summed E-state index contributed by atoms with van der Waals surface area (Å²) < 4.78 is 0. The first-order valence-electron chi connectivity index (χ1n) is 7.20. The van der Waals surface area contributed by atoms with E-state index < -0.39 is 0 Å². The lowest BCUT2D eigenvalue weighted by Gasteiger charge is -2.21. The van der Waals surface area contributed by atoms with E-state index >= 15 is 0 Å². The minimum Gasteiger partial charge on any atom is -0.357 e. The van der Waals surface area contributed by atoms with Gasteiger partial charge in [-0.05, 0) is 44.5 Å². The van der Waals surface area contributed by atoms with Crippen molar-refractivity contribution < 1.29 is 0 Å². The summed E-state index contributed by atoms with van der Waals surface area (Å²) in [6.45, 7) is 12.7. The Labute approximate surface area is 112 Å². The van der Waals surface area contributed by atoms with Gasteiger partial charge in [-0.1, -0.05) is 20.3 Å². The average molecular weight is 249 g/mol. The molecule has 0 spiro atoms. The van der Waals surface area contributed by atoms with Crippen LogP contribution < -0.4 is 10.2 Å². The van der Waals surface area contributed by atoms with Crippen LogP contribution in [0.2, 0.25) is 0 Å². The van der Waals surface area contributed by atoms with Gasteiger partial charge in [-0.2, -0.15) is 0 Å². The van der Waals surface area contributed by atoms with Crippen molar-refractivity contribution in [1.29, 1.82) is 0 Å². The first-order chi connectivity index (χ1) is 8.74. The summed E-state index contributed by atoms with van der Waals surface area (Å²) in [6, 6.07) is 4.45. The van der Waals surface area contributed by atoms with Crippen LogP contribution in [0.5, 0.6) is 0 Å². The monoisotopic (exact) mass is 249 g/mol. The Balaban J connectivity index is 2.96. The Morgan fingerprint density at radius 3 is 2.39 bits per heavy atom. The van der Waals surface area contributed by atoms with Crippen LogP contribution in [0.1, 0.15) is 45.4 Å². The third-order valence-corrected chi connectivity index (χ3v) is 3.10. The van der Waals surface area contributed by atoms with Crippen molar-refractivity contribution in [2.75, 3.05) is 24.5 Å². The Kier molecular flexibility index (Phi) is 6.73. The lowest BCUT2D eigenvalue weighted by Crippen LogP contribution is -2.24. The Morgan fingerprint density at radius 1 is 1.11 bits per heavy atom. The molecule has 1 aromatic rings. The van der Waals surface area contributed by atoms with Crippen molar-refractivity contribution >= 4 is 5.82 Å². The molecule has 1 rings (SSSR count). The SMILES string of the molecule is CCCc1cc(CNCC)cc(N(CC)CC)n1. The molecule has 3 nitrogen and oxygen atoms in total. The molecule has 0 fully saturated rings. The molecule has 0 aliphatic heterocycles. The minimum absolute atomic E-state index is 0.935. The Hall–Kier alpha value is -1.09. The molecule has 0 aromatic carbocycles. The molecular weight excluding hydrogens is 222 g/mol. The van der Waals surface area contributed by atoms with Gasteiger partial charge in [0.15, 0.2) is 0 Å². The molecule has 1 N–H and O–H groups in total. The predicted molar refractivity (Wildman–Crippen MR) is 79.2 cm³/mol. The second kappa shape index (κ2) is 8.09. The second-order valence-corrected chi connectivity index (χ2v) is 4.53. The number of nitrogens with one attached hydrogen (secondary N) is 1. The van der Waals surface area contributed by atoms with Gasteiger partial charge in [-0.25, -0.2) is 4.98 Å². The zero-order chi connectivity index (χ0) is 13.4. The molecule has 3 heteroatoms. The molecule has 0 saturated heterocycles. The van der Waals surface area contributed by atoms with Gasteiger partial charge in [-0.3, -0.25) is 0 Å². The summed E-state index contributed by atoms with van der Waals surface area (Å²) in [5.74, 6) is 1.12. The maximum absolute atomic E-state index is 4.77. The van der Waals surface area contributed by atoms with Crippen LogP contribution in [0, 0.1) is 0 Å². The predicted octanol–water partition coefficient (Wildman–Crippen LogP) is 2.99. The van der Waals surface area contributed by atoms with Crippen molar-refractivity contribution in [3.05, 3.63) is 23.4 Å². The highest BCUT2D eigenvalue weighted by Crippen LogP contribution is 2.16. The van der Waals surface area contributed by atoms with E-state index in [0.29, 0.717) is 0 Å². The van der Waals surface area contributed by atoms with Gasteiger partial charge >= 0.3 is 0 Å². The number of aryl methyl sites for hydroxylation is 1. The van der Waals surface area contributed by atoms with Crippen LogP contribution >= 0.6 is 0 Å². The van der Waals surface area contributed by atoms with Gasteiger partial charge in [0.1, 0.15) is 5.82 Å². The zero-order valence-electron chi connectivity index (χ0n) is 12.3. The highest BCUT2D eigenvalue weighted by molar-refractivity contribution is 5.42. The second-order valence-electron chi connectivity index (χ2n) is 4.53. The molecule has 1 aromatic heterocycles. The van der Waals surface area contributed by atoms with Crippen molar-refractivity contribution in [2.24, 2.45) is 0 Å². The molecule has 0 aliphatic rings. The van der Waals surface area contributed by atoms with E-state index in [-0.39, 0.29) is 0 Å². The lowest BCUT2D eigenvalue weighted by molar-refractivity contribution is 0.721. The van der Waals surface area contributed by atoms with E-state index in [1.54, 1.807) is 0 Å². The Morgan fingerprint density at radius 2 is 1.83 bits per heavy atom. The quantitative estimate of drug-likeness (QED) is 0.767. The molecule has 1 heterocycles. The highest BCUT2D eigenvalue weighted by atomic mass is 15.2. The van der Waals surface area contributed by atoms with Gasteiger partial charge in [0, 0.05) is 25.3 Å². The lowest BCUT2D eigenvalue weighted by atomic mass is 10.1. The Bertz CT molecular complexity index is 346. The van der Waals surface area contributed by atoms with Crippen molar-refractivity contribution in [2.45, 2.75) is 47.1 Å². The number of rotatable bonds is 8. The number of anilines is 1. The topological polar surface area (TPSA) is 28.2 Å². The van der Waals surface area contributed by atoms with Crippen molar-refractivity contribution in [3.8, 4) is 0 Å². The number of aromatic nitrogens is 1. The van der Waals surface area contributed by atoms with E-state index in [4.69, 9.17) is 4.98 Å². The summed E-state index contributed by atoms with van der Waals surface area (Å²) in [7, 11) is 0.